The Morgan fingerprint density at radius 3 is 2.11 bits per heavy atom. The number of phenols is 1. The Labute approximate surface area is 138 Å². The lowest BCUT2D eigenvalue weighted by molar-refractivity contribution is 0.458. The molecule has 0 fully saturated rings. The Kier molecular flexibility index (Phi) is 4.75. The Hall–Kier alpha value is -0.0400. The van der Waals surface area contributed by atoms with E-state index < -0.39 is 0 Å². The highest BCUT2D eigenvalue weighted by atomic mass is 79.9. The molecule has 0 heterocycles. The van der Waals surface area contributed by atoms with E-state index in [0.29, 0.717) is 20.4 Å². The Bertz CT molecular complexity index is 599. The van der Waals surface area contributed by atoms with Gasteiger partial charge in [-0.3, -0.25) is 0 Å². The van der Waals surface area contributed by atoms with Crippen LogP contribution in [0.4, 0.5) is 0 Å². The quantitative estimate of drug-likeness (QED) is 0.528. The molecule has 0 bridgehead atoms. The molecule has 0 aromatic heterocycles. The average Bonchev–Trinajstić information content (AvgIpc) is 2.29. The summed E-state index contributed by atoms with van der Waals surface area (Å²) < 4.78 is 8.84. The second-order valence-corrected chi connectivity index (χ2v) is 6.89. The molecule has 94 valence electrons. The minimum atomic E-state index is 0.157. The van der Waals surface area contributed by atoms with Gasteiger partial charge in [-0.2, -0.15) is 0 Å². The summed E-state index contributed by atoms with van der Waals surface area (Å²) in [6.45, 7) is 0. The van der Waals surface area contributed by atoms with E-state index >= 15 is 0 Å². The topological polar surface area (TPSA) is 29.5 Å². The van der Waals surface area contributed by atoms with Gasteiger partial charge in [0.25, 0.3) is 0 Å². The lowest BCUT2D eigenvalue weighted by atomic mass is 10.3. The first-order chi connectivity index (χ1) is 8.47. The molecule has 2 rings (SSSR count). The highest BCUT2D eigenvalue weighted by Crippen LogP contribution is 2.39. The van der Waals surface area contributed by atoms with Gasteiger partial charge in [-0.25, -0.2) is 0 Å². The number of phenolic OH excluding ortho intramolecular Hbond substituents is 1. The van der Waals surface area contributed by atoms with Crippen molar-refractivity contribution in [2.45, 2.75) is 0 Å². The van der Waals surface area contributed by atoms with E-state index in [9.17, 15) is 5.11 Å². The van der Waals surface area contributed by atoms with Crippen molar-refractivity contribution in [3.8, 4) is 17.2 Å². The second kappa shape index (κ2) is 5.94. The first-order valence-electron chi connectivity index (χ1n) is 4.78. The van der Waals surface area contributed by atoms with Gasteiger partial charge in [-0.1, -0.05) is 15.9 Å². The molecule has 6 heteroatoms. The van der Waals surface area contributed by atoms with Gasteiger partial charge in [0.2, 0.25) is 0 Å². The highest BCUT2D eigenvalue weighted by molar-refractivity contribution is 9.11. The molecule has 2 aromatic carbocycles. The zero-order valence-electron chi connectivity index (χ0n) is 8.75. The van der Waals surface area contributed by atoms with E-state index in [2.05, 4.69) is 63.7 Å². The highest BCUT2D eigenvalue weighted by Gasteiger charge is 2.10. The SMILES string of the molecule is Oc1cc(Br)c(Oc2ccc(Br)cc2Br)cc1Br. The molecule has 0 saturated carbocycles. The molecular weight excluding hydrogens is 496 g/mol. The van der Waals surface area contributed by atoms with E-state index in [-0.39, 0.29) is 5.75 Å². The van der Waals surface area contributed by atoms with E-state index in [0.717, 1.165) is 8.95 Å². The number of aromatic hydroxyl groups is 1. The lowest BCUT2D eigenvalue weighted by Gasteiger charge is -2.11. The van der Waals surface area contributed by atoms with Crippen molar-refractivity contribution >= 4 is 63.7 Å². The third kappa shape index (κ3) is 3.29. The van der Waals surface area contributed by atoms with Crippen molar-refractivity contribution in [3.63, 3.8) is 0 Å². The molecule has 0 aliphatic carbocycles. The summed E-state index contributed by atoms with van der Waals surface area (Å²) in [5.74, 6) is 1.46. The fourth-order valence-electron chi connectivity index (χ4n) is 1.27. The number of hydrogen-bond donors (Lipinski definition) is 1. The van der Waals surface area contributed by atoms with E-state index in [1.165, 1.54) is 0 Å². The molecule has 2 aromatic rings. The predicted octanol–water partition coefficient (Wildman–Crippen LogP) is 6.23. The normalized spacial score (nSPS) is 10.4. The molecule has 0 aliphatic rings. The summed E-state index contributed by atoms with van der Waals surface area (Å²) in [6, 6.07) is 8.92. The fourth-order valence-corrected chi connectivity index (χ4v) is 3.14. The molecule has 2 nitrogen and oxygen atoms in total. The number of halogens is 4. The van der Waals surface area contributed by atoms with Crippen LogP contribution in [-0.2, 0) is 0 Å². The zero-order chi connectivity index (χ0) is 13.3. The molecule has 0 aliphatic heterocycles. The average molecular weight is 502 g/mol. The summed E-state index contributed by atoms with van der Waals surface area (Å²) in [7, 11) is 0. The van der Waals surface area contributed by atoms with Crippen LogP contribution in [-0.4, -0.2) is 5.11 Å². The summed E-state index contributed by atoms with van der Waals surface area (Å²) in [5.41, 5.74) is 0. The third-order valence-electron chi connectivity index (χ3n) is 2.12. The van der Waals surface area contributed by atoms with Gasteiger partial charge < -0.3 is 9.84 Å². The Morgan fingerprint density at radius 2 is 1.44 bits per heavy atom. The minimum absolute atomic E-state index is 0.157. The van der Waals surface area contributed by atoms with Crippen molar-refractivity contribution in [2.24, 2.45) is 0 Å². The van der Waals surface area contributed by atoms with Crippen LogP contribution in [0.15, 0.2) is 48.2 Å². The molecule has 18 heavy (non-hydrogen) atoms. The van der Waals surface area contributed by atoms with Crippen LogP contribution in [0.1, 0.15) is 0 Å². The van der Waals surface area contributed by atoms with Gasteiger partial charge in [-0.05, 0) is 78.1 Å². The maximum absolute atomic E-state index is 9.53. The Balaban J connectivity index is 2.37. The van der Waals surface area contributed by atoms with Crippen molar-refractivity contribution < 1.29 is 9.84 Å². The molecule has 0 saturated heterocycles. The van der Waals surface area contributed by atoms with Crippen molar-refractivity contribution in [2.75, 3.05) is 0 Å². The van der Waals surface area contributed by atoms with Gasteiger partial charge in [0, 0.05) is 4.47 Å². The van der Waals surface area contributed by atoms with Crippen LogP contribution >= 0.6 is 63.7 Å². The molecule has 0 amide bonds. The standard InChI is InChI=1S/C12H6Br4O2/c13-6-1-2-11(8(15)3-6)18-12-5-7(14)10(17)4-9(12)16/h1-5,17H. The minimum Gasteiger partial charge on any atom is -0.507 e. The summed E-state index contributed by atoms with van der Waals surface area (Å²) in [4.78, 5) is 0. The summed E-state index contributed by atoms with van der Waals surface area (Å²) in [5, 5.41) is 9.53. The van der Waals surface area contributed by atoms with Gasteiger partial charge in [0.15, 0.2) is 0 Å². The summed E-state index contributed by atoms with van der Waals surface area (Å²) >= 11 is 13.4. The van der Waals surface area contributed by atoms with Crippen LogP contribution in [0, 0.1) is 0 Å². The lowest BCUT2D eigenvalue weighted by Crippen LogP contribution is -1.87. The monoisotopic (exact) mass is 498 g/mol. The fraction of sp³-hybridized carbons (Fsp3) is 0. The van der Waals surface area contributed by atoms with Gasteiger partial charge in [0.05, 0.1) is 13.4 Å². The molecule has 0 unspecified atom stereocenters. The van der Waals surface area contributed by atoms with Crippen LogP contribution < -0.4 is 4.74 Å². The van der Waals surface area contributed by atoms with Gasteiger partial charge in [-0.15, -0.1) is 0 Å². The first-order valence-corrected chi connectivity index (χ1v) is 7.95. The molecule has 0 radical (unpaired) electrons. The number of rotatable bonds is 2. The molecule has 0 spiro atoms. The Morgan fingerprint density at radius 1 is 0.778 bits per heavy atom. The number of ether oxygens (including phenoxy) is 1. The summed E-state index contributed by atoms with van der Waals surface area (Å²) in [6.07, 6.45) is 0. The van der Waals surface area contributed by atoms with Crippen LogP contribution in [0.5, 0.6) is 17.2 Å². The second-order valence-electron chi connectivity index (χ2n) is 3.41. The number of hydrogen-bond acceptors (Lipinski definition) is 2. The maximum atomic E-state index is 9.53. The van der Waals surface area contributed by atoms with Crippen LogP contribution in [0.3, 0.4) is 0 Å². The molecular formula is C12H6Br4O2. The predicted molar refractivity (Wildman–Crippen MR) is 85.4 cm³/mol. The number of benzene rings is 2. The van der Waals surface area contributed by atoms with Crippen LogP contribution in [0.2, 0.25) is 0 Å². The van der Waals surface area contributed by atoms with Crippen LogP contribution in [0.25, 0.3) is 0 Å². The maximum Gasteiger partial charge on any atom is 0.143 e. The molecule has 0 atom stereocenters. The van der Waals surface area contributed by atoms with E-state index in [4.69, 9.17) is 4.74 Å². The first kappa shape index (κ1) is 14.4. The van der Waals surface area contributed by atoms with Gasteiger partial charge >= 0.3 is 0 Å². The van der Waals surface area contributed by atoms with Crippen molar-refractivity contribution in [3.05, 3.63) is 48.2 Å². The smallest absolute Gasteiger partial charge is 0.143 e. The van der Waals surface area contributed by atoms with E-state index in [1.54, 1.807) is 12.1 Å². The largest absolute Gasteiger partial charge is 0.507 e. The van der Waals surface area contributed by atoms with Crippen molar-refractivity contribution in [1.29, 1.82) is 0 Å². The zero-order valence-corrected chi connectivity index (χ0v) is 15.1. The third-order valence-corrected chi connectivity index (χ3v) is 4.48. The molecule has 1 N–H and O–H groups in total. The van der Waals surface area contributed by atoms with E-state index in [1.807, 2.05) is 18.2 Å². The van der Waals surface area contributed by atoms with Crippen molar-refractivity contribution in [1.82, 2.24) is 0 Å². The van der Waals surface area contributed by atoms with Gasteiger partial charge in [0.1, 0.15) is 17.2 Å².